The van der Waals surface area contributed by atoms with Crippen molar-refractivity contribution < 1.29 is 4.74 Å². The van der Waals surface area contributed by atoms with Crippen LogP contribution in [0, 0.1) is 0 Å². The van der Waals surface area contributed by atoms with Crippen LogP contribution in [0.3, 0.4) is 0 Å². The van der Waals surface area contributed by atoms with Gasteiger partial charge in [-0.15, -0.1) is 0 Å². The Morgan fingerprint density at radius 3 is 3.00 bits per heavy atom. The first kappa shape index (κ1) is 14.6. The zero-order valence-electron chi connectivity index (χ0n) is 13.8. The quantitative estimate of drug-likeness (QED) is 0.768. The maximum Gasteiger partial charge on any atom is 0.136 e. The number of nitrogens with zero attached hydrogens (tertiary/aromatic N) is 4. The Hall–Kier alpha value is -2.77. The van der Waals surface area contributed by atoms with Gasteiger partial charge in [-0.25, -0.2) is 25.7 Å². The van der Waals surface area contributed by atoms with Crippen LogP contribution in [0.4, 0.5) is 0 Å². The summed E-state index contributed by atoms with van der Waals surface area (Å²) >= 11 is 0. The van der Waals surface area contributed by atoms with Gasteiger partial charge in [-0.3, -0.25) is 0 Å². The molecule has 3 aromatic rings. The summed E-state index contributed by atoms with van der Waals surface area (Å²) in [4.78, 5) is 4.30. The molecule has 2 aliphatic heterocycles. The number of imidazole rings is 1. The fraction of sp³-hybridized carbons (Fsp3) is 0.278. The van der Waals surface area contributed by atoms with Crippen molar-refractivity contribution in [2.75, 3.05) is 18.7 Å². The second kappa shape index (κ2) is 5.94. The summed E-state index contributed by atoms with van der Waals surface area (Å²) in [6.45, 7) is 1.65. The van der Waals surface area contributed by atoms with Gasteiger partial charge in [-0.05, 0) is 37.1 Å². The van der Waals surface area contributed by atoms with Crippen LogP contribution in [0.1, 0.15) is 18.5 Å². The molecule has 128 valence electrons. The van der Waals surface area contributed by atoms with E-state index in [4.69, 9.17) is 4.74 Å². The summed E-state index contributed by atoms with van der Waals surface area (Å²) in [6.07, 6.45) is 14.1. The van der Waals surface area contributed by atoms with Crippen LogP contribution in [-0.2, 0) is 4.74 Å². The lowest BCUT2D eigenvalue weighted by atomic mass is 10.1. The van der Waals surface area contributed by atoms with Gasteiger partial charge < -0.3 is 9.14 Å². The molecule has 1 saturated heterocycles. The Labute approximate surface area is 145 Å². The molecule has 1 fully saturated rings. The molecule has 0 spiro atoms. The Balaban J connectivity index is 1.38. The zero-order chi connectivity index (χ0) is 16.6. The minimum absolute atomic E-state index is 0.436. The topological polar surface area (TPSA) is 58.8 Å². The molecule has 5 heterocycles. The lowest BCUT2D eigenvalue weighted by molar-refractivity contribution is 0.0595. The monoisotopic (exact) mass is 336 g/mol. The second-order valence-electron chi connectivity index (χ2n) is 6.40. The summed E-state index contributed by atoms with van der Waals surface area (Å²) in [6, 6.07) is 6.71. The highest BCUT2D eigenvalue weighted by Gasteiger charge is 2.19. The number of rotatable bonds is 3. The van der Waals surface area contributed by atoms with Gasteiger partial charge in [0.2, 0.25) is 0 Å². The number of ether oxygens (including phenoxy) is 1. The van der Waals surface area contributed by atoms with Crippen LogP contribution < -0.4 is 11.0 Å². The Bertz CT molecular complexity index is 921. The molecule has 0 bridgehead atoms. The third-order valence-electron chi connectivity index (χ3n) is 4.77. The molecule has 7 heteroatoms. The van der Waals surface area contributed by atoms with Crippen molar-refractivity contribution in [3.8, 4) is 11.1 Å². The first-order valence-corrected chi connectivity index (χ1v) is 8.59. The number of hydrazine groups is 2. The smallest absolute Gasteiger partial charge is 0.136 e. The first-order chi connectivity index (χ1) is 12.4. The molecule has 25 heavy (non-hydrogen) atoms. The molecule has 0 atom stereocenters. The molecule has 0 aliphatic carbocycles. The van der Waals surface area contributed by atoms with Crippen LogP contribution >= 0.6 is 0 Å². The first-order valence-electron chi connectivity index (χ1n) is 8.59. The van der Waals surface area contributed by atoms with E-state index in [0.717, 1.165) is 43.0 Å². The van der Waals surface area contributed by atoms with Gasteiger partial charge in [0.1, 0.15) is 5.65 Å². The van der Waals surface area contributed by atoms with E-state index in [9.17, 15) is 0 Å². The molecule has 0 saturated carbocycles. The summed E-state index contributed by atoms with van der Waals surface area (Å²) in [7, 11) is 0. The van der Waals surface area contributed by atoms with Gasteiger partial charge in [-0.1, -0.05) is 0 Å². The Kier molecular flexibility index (Phi) is 3.46. The minimum atomic E-state index is 0.436. The lowest BCUT2D eigenvalue weighted by Gasteiger charge is -2.33. The van der Waals surface area contributed by atoms with Gasteiger partial charge in [0.15, 0.2) is 0 Å². The van der Waals surface area contributed by atoms with Crippen molar-refractivity contribution in [1.82, 2.24) is 24.6 Å². The SMILES string of the molecule is C1=CN(NC2CCOCC2)Nn2ccc(-c3ccc4nccn4c3)c21. The van der Waals surface area contributed by atoms with E-state index in [1.165, 1.54) is 5.56 Å². The van der Waals surface area contributed by atoms with E-state index in [0.29, 0.717) is 6.04 Å². The van der Waals surface area contributed by atoms with Crippen LogP contribution in [0.25, 0.3) is 22.9 Å². The third-order valence-corrected chi connectivity index (χ3v) is 4.77. The van der Waals surface area contributed by atoms with Crippen molar-refractivity contribution >= 4 is 11.7 Å². The molecule has 5 rings (SSSR count). The van der Waals surface area contributed by atoms with Gasteiger partial charge in [0.05, 0.1) is 5.69 Å². The fourth-order valence-corrected chi connectivity index (χ4v) is 3.42. The van der Waals surface area contributed by atoms with Crippen molar-refractivity contribution in [2.45, 2.75) is 18.9 Å². The molecular formula is C18H20N6O. The van der Waals surface area contributed by atoms with Gasteiger partial charge in [0, 0.05) is 61.4 Å². The van der Waals surface area contributed by atoms with Crippen LogP contribution in [-0.4, -0.2) is 38.4 Å². The Morgan fingerprint density at radius 2 is 2.08 bits per heavy atom. The van der Waals surface area contributed by atoms with E-state index in [1.807, 2.05) is 45.1 Å². The summed E-state index contributed by atoms with van der Waals surface area (Å²) in [5.41, 5.74) is 11.3. The van der Waals surface area contributed by atoms with Crippen LogP contribution in [0.5, 0.6) is 0 Å². The number of aromatic nitrogens is 3. The number of hydrogen-bond donors (Lipinski definition) is 2. The van der Waals surface area contributed by atoms with Crippen LogP contribution in [0.2, 0.25) is 0 Å². The highest BCUT2D eigenvalue weighted by Crippen LogP contribution is 2.27. The molecule has 0 amide bonds. The average Bonchev–Trinajstić information content (AvgIpc) is 3.28. The minimum Gasteiger partial charge on any atom is -0.381 e. The molecule has 2 aliphatic rings. The third kappa shape index (κ3) is 2.67. The largest absolute Gasteiger partial charge is 0.381 e. The Morgan fingerprint density at radius 1 is 1.16 bits per heavy atom. The number of pyridine rings is 1. The number of hydrogen-bond acceptors (Lipinski definition) is 5. The predicted molar refractivity (Wildman–Crippen MR) is 95.8 cm³/mol. The van der Waals surface area contributed by atoms with Crippen LogP contribution in [0.15, 0.2) is 49.2 Å². The van der Waals surface area contributed by atoms with E-state index in [-0.39, 0.29) is 0 Å². The molecule has 0 radical (unpaired) electrons. The van der Waals surface area contributed by atoms with Crippen molar-refractivity contribution in [1.29, 1.82) is 0 Å². The predicted octanol–water partition coefficient (Wildman–Crippen LogP) is 2.23. The van der Waals surface area contributed by atoms with E-state index in [2.05, 4.69) is 40.4 Å². The molecule has 0 unspecified atom stereocenters. The highest BCUT2D eigenvalue weighted by atomic mass is 16.5. The molecule has 0 aromatic carbocycles. The van der Waals surface area contributed by atoms with E-state index < -0.39 is 0 Å². The normalized spacial score (nSPS) is 17.7. The molecule has 3 aromatic heterocycles. The summed E-state index contributed by atoms with van der Waals surface area (Å²) < 4.78 is 9.48. The standard InChI is InChI=1S/C18H20N6O/c1-2-18-19-7-10-22(18)13-14(1)16-3-8-23-17(16)4-9-24(21-23)20-15-5-11-25-12-6-15/h1-4,7-10,13,15,20-21H,5-6,11-12H2. The van der Waals surface area contributed by atoms with Crippen molar-refractivity contribution in [2.24, 2.45) is 0 Å². The summed E-state index contributed by atoms with van der Waals surface area (Å²) in [5.74, 6) is 0. The fourth-order valence-electron chi connectivity index (χ4n) is 3.42. The molecule has 2 N–H and O–H groups in total. The van der Waals surface area contributed by atoms with E-state index >= 15 is 0 Å². The maximum atomic E-state index is 5.41. The number of nitrogens with one attached hydrogen (secondary N) is 2. The van der Waals surface area contributed by atoms with Gasteiger partial charge in [-0.2, -0.15) is 0 Å². The van der Waals surface area contributed by atoms with Gasteiger partial charge in [0.25, 0.3) is 0 Å². The highest BCUT2D eigenvalue weighted by molar-refractivity contribution is 5.75. The summed E-state index contributed by atoms with van der Waals surface area (Å²) in [5, 5.41) is 1.92. The molecular weight excluding hydrogens is 316 g/mol. The number of fused-ring (bicyclic) bond motifs is 2. The lowest BCUT2D eigenvalue weighted by Crippen LogP contribution is -2.50. The van der Waals surface area contributed by atoms with Crippen molar-refractivity contribution in [3.05, 3.63) is 54.9 Å². The second-order valence-corrected chi connectivity index (χ2v) is 6.40. The van der Waals surface area contributed by atoms with E-state index in [1.54, 1.807) is 0 Å². The van der Waals surface area contributed by atoms with Gasteiger partial charge >= 0.3 is 0 Å². The average molecular weight is 336 g/mol. The maximum absolute atomic E-state index is 5.41. The molecule has 7 nitrogen and oxygen atoms in total. The zero-order valence-corrected chi connectivity index (χ0v) is 13.8. The van der Waals surface area contributed by atoms with Crippen molar-refractivity contribution in [3.63, 3.8) is 0 Å².